The molecule has 0 saturated carbocycles. The fourth-order valence-electron chi connectivity index (χ4n) is 3.71. The fraction of sp³-hybridized carbons (Fsp3) is 0.875. The molecule has 1 aromatic heterocycles. The summed E-state index contributed by atoms with van der Waals surface area (Å²) in [6.07, 6.45) is 6.28. The van der Waals surface area contributed by atoms with Gasteiger partial charge in [0.25, 0.3) is 0 Å². The second kappa shape index (κ2) is 6.44. The van der Waals surface area contributed by atoms with E-state index in [0.29, 0.717) is 24.2 Å². The first-order valence-corrected chi connectivity index (χ1v) is 8.45. The van der Waals surface area contributed by atoms with Gasteiger partial charge in [-0.05, 0) is 45.6 Å². The molecule has 2 aliphatic rings. The smallest absolute Gasteiger partial charge is 0.231 e. The topological polar surface area (TPSA) is 60.2 Å². The van der Waals surface area contributed by atoms with Crippen molar-refractivity contribution < 1.29 is 9.26 Å². The van der Waals surface area contributed by atoms with Crippen molar-refractivity contribution in [1.29, 1.82) is 0 Å². The molecule has 0 aliphatic carbocycles. The molecule has 0 spiro atoms. The third kappa shape index (κ3) is 2.99. The molecule has 118 valence electrons. The van der Waals surface area contributed by atoms with Crippen molar-refractivity contribution in [3.63, 3.8) is 0 Å². The van der Waals surface area contributed by atoms with Crippen molar-refractivity contribution in [2.24, 2.45) is 0 Å². The van der Waals surface area contributed by atoms with Gasteiger partial charge in [-0.25, -0.2) is 0 Å². The normalized spacial score (nSPS) is 30.7. The highest BCUT2D eigenvalue weighted by Crippen LogP contribution is 2.43. The predicted octanol–water partition coefficient (Wildman–Crippen LogP) is 2.99. The average Bonchev–Trinajstić information content (AvgIpc) is 3.21. The Hall–Kier alpha value is -0.940. The van der Waals surface area contributed by atoms with Crippen LogP contribution in [-0.4, -0.2) is 34.9 Å². The van der Waals surface area contributed by atoms with Gasteiger partial charge >= 0.3 is 0 Å². The van der Waals surface area contributed by atoms with Crippen LogP contribution in [0.5, 0.6) is 0 Å². The van der Waals surface area contributed by atoms with Crippen LogP contribution in [0.15, 0.2) is 4.52 Å². The van der Waals surface area contributed by atoms with E-state index < -0.39 is 0 Å². The fourth-order valence-corrected chi connectivity index (χ4v) is 3.71. The lowest BCUT2D eigenvalue weighted by atomic mass is 9.89. The Bertz CT molecular complexity index is 462. The Kier molecular flexibility index (Phi) is 4.60. The molecule has 3 rings (SSSR count). The van der Waals surface area contributed by atoms with Crippen molar-refractivity contribution >= 4 is 0 Å². The molecule has 5 nitrogen and oxygen atoms in total. The third-order valence-corrected chi connectivity index (χ3v) is 4.97. The van der Waals surface area contributed by atoms with Crippen LogP contribution in [0.3, 0.4) is 0 Å². The molecule has 2 saturated heterocycles. The summed E-state index contributed by atoms with van der Waals surface area (Å²) in [4.78, 5) is 4.71. The van der Waals surface area contributed by atoms with Crippen molar-refractivity contribution in [1.82, 2.24) is 15.5 Å². The molecule has 3 heterocycles. The zero-order valence-electron chi connectivity index (χ0n) is 13.3. The van der Waals surface area contributed by atoms with Crippen LogP contribution in [0.1, 0.15) is 76.4 Å². The van der Waals surface area contributed by atoms with E-state index in [0.717, 1.165) is 43.9 Å². The van der Waals surface area contributed by atoms with Gasteiger partial charge in [-0.2, -0.15) is 4.98 Å². The van der Waals surface area contributed by atoms with Gasteiger partial charge in [-0.1, -0.05) is 19.0 Å². The third-order valence-electron chi connectivity index (χ3n) is 4.97. The molecule has 21 heavy (non-hydrogen) atoms. The maximum atomic E-state index is 5.90. The number of nitrogens with zero attached hydrogens (tertiary/aromatic N) is 2. The molecular formula is C16H27N3O2. The molecule has 0 amide bonds. The van der Waals surface area contributed by atoms with Crippen LogP contribution in [0.2, 0.25) is 0 Å². The SMILES string of the molecule is CCCNC(C)C(CC)c1nc(C2CC3CCC2O3)no1. The number of ether oxygens (including phenoxy) is 1. The summed E-state index contributed by atoms with van der Waals surface area (Å²) >= 11 is 0. The van der Waals surface area contributed by atoms with Crippen LogP contribution < -0.4 is 5.32 Å². The summed E-state index contributed by atoms with van der Waals surface area (Å²) in [6.45, 7) is 7.59. The van der Waals surface area contributed by atoms with Gasteiger partial charge in [0.15, 0.2) is 5.82 Å². The summed E-state index contributed by atoms with van der Waals surface area (Å²) in [5.74, 6) is 2.28. The van der Waals surface area contributed by atoms with Crippen LogP contribution in [0.25, 0.3) is 0 Å². The lowest BCUT2D eigenvalue weighted by Crippen LogP contribution is -2.32. The predicted molar refractivity (Wildman–Crippen MR) is 80.3 cm³/mol. The highest BCUT2D eigenvalue weighted by molar-refractivity contribution is 5.08. The highest BCUT2D eigenvalue weighted by Gasteiger charge is 2.44. The molecule has 0 radical (unpaired) electrons. The van der Waals surface area contributed by atoms with Crippen molar-refractivity contribution in [3.8, 4) is 0 Å². The monoisotopic (exact) mass is 293 g/mol. The summed E-state index contributed by atoms with van der Waals surface area (Å²) in [6, 6.07) is 0.361. The number of fused-ring (bicyclic) bond motifs is 2. The van der Waals surface area contributed by atoms with E-state index in [1.54, 1.807) is 0 Å². The Morgan fingerprint density at radius 2 is 2.19 bits per heavy atom. The first-order chi connectivity index (χ1) is 10.2. The van der Waals surface area contributed by atoms with E-state index in [1.165, 1.54) is 6.42 Å². The quantitative estimate of drug-likeness (QED) is 0.837. The van der Waals surface area contributed by atoms with Gasteiger partial charge in [0.05, 0.1) is 24.0 Å². The summed E-state index contributed by atoms with van der Waals surface area (Å²) in [7, 11) is 0. The molecule has 5 heteroatoms. The number of hydrogen-bond acceptors (Lipinski definition) is 5. The van der Waals surface area contributed by atoms with Gasteiger partial charge in [0.2, 0.25) is 5.89 Å². The van der Waals surface area contributed by atoms with E-state index in [-0.39, 0.29) is 5.92 Å². The molecule has 2 fully saturated rings. The van der Waals surface area contributed by atoms with Gasteiger partial charge in [-0.3, -0.25) is 0 Å². The molecule has 5 atom stereocenters. The second-order valence-corrected chi connectivity index (χ2v) is 6.46. The standard InChI is InChI=1S/C16H27N3O2/c1-4-8-17-10(3)12(5-2)16-18-15(19-21-16)13-9-11-6-7-14(13)20-11/h10-14,17H,4-9H2,1-3H3. The van der Waals surface area contributed by atoms with Crippen molar-refractivity contribution in [2.75, 3.05) is 6.54 Å². The minimum absolute atomic E-state index is 0.289. The Morgan fingerprint density at radius 3 is 2.81 bits per heavy atom. The molecule has 1 N–H and O–H groups in total. The van der Waals surface area contributed by atoms with Crippen LogP contribution in [0.4, 0.5) is 0 Å². The van der Waals surface area contributed by atoms with E-state index >= 15 is 0 Å². The second-order valence-electron chi connectivity index (χ2n) is 6.46. The minimum atomic E-state index is 0.289. The molecule has 1 aromatic rings. The molecule has 2 bridgehead atoms. The van der Waals surface area contributed by atoms with E-state index in [4.69, 9.17) is 14.2 Å². The molecule has 2 aliphatic heterocycles. The van der Waals surface area contributed by atoms with Gasteiger partial charge in [-0.15, -0.1) is 0 Å². The molecular weight excluding hydrogens is 266 g/mol. The van der Waals surface area contributed by atoms with Crippen molar-refractivity contribution in [3.05, 3.63) is 11.7 Å². The number of rotatable bonds is 7. The summed E-state index contributed by atoms with van der Waals surface area (Å²) in [5, 5.41) is 7.79. The molecule has 5 unspecified atom stereocenters. The lowest BCUT2D eigenvalue weighted by Gasteiger charge is -2.20. The van der Waals surface area contributed by atoms with E-state index in [1.807, 2.05) is 0 Å². The van der Waals surface area contributed by atoms with Gasteiger partial charge in [0.1, 0.15) is 0 Å². The maximum absolute atomic E-state index is 5.90. The zero-order valence-corrected chi connectivity index (χ0v) is 13.3. The van der Waals surface area contributed by atoms with Crippen LogP contribution in [0, 0.1) is 0 Å². The zero-order chi connectivity index (χ0) is 14.8. The van der Waals surface area contributed by atoms with Crippen LogP contribution in [-0.2, 0) is 4.74 Å². The minimum Gasteiger partial charge on any atom is -0.374 e. The lowest BCUT2D eigenvalue weighted by molar-refractivity contribution is 0.0996. The highest BCUT2D eigenvalue weighted by atomic mass is 16.5. The number of aromatic nitrogens is 2. The van der Waals surface area contributed by atoms with Gasteiger partial charge < -0.3 is 14.6 Å². The Morgan fingerprint density at radius 1 is 1.33 bits per heavy atom. The Labute approximate surface area is 126 Å². The summed E-state index contributed by atoms with van der Waals surface area (Å²) in [5.41, 5.74) is 0. The number of hydrogen-bond donors (Lipinski definition) is 1. The largest absolute Gasteiger partial charge is 0.374 e. The Balaban J connectivity index is 1.68. The van der Waals surface area contributed by atoms with E-state index in [2.05, 4.69) is 31.2 Å². The summed E-state index contributed by atoms with van der Waals surface area (Å²) < 4.78 is 11.5. The van der Waals surface area contributed by atoms with Gasteiger partial charge in [0, 0.05) is 6.04 Å². The number of nitrogens with one attached hydrogen (secondary N) is 1. The maximum Gasteiger partial charge on any atom is 0.231 e. The molecule has 0 aromatic carbocycles. The van der Waals surface area contributed by atoms with Crippen LogP contribution >= 0.6 is 0 Å². The average molecular weight is 293 g/mol. The van der Waals surface area contributed by atoms with E-state index in [9.17, 15) is 0 Å². The first kappa shape index (κ1) is 15.0. The first-order valence-electron chi connectivity index (χ1n) is 8.45. The van der Waals surface area contributed by atoms with Crippen molar-refractivity contribution in [2.45, 2.75) is 83.0 Å².